The van der Waals surface area contributed by atoms with Gasteiger partial charge in [-0.15, -0.1) is 0 Å². The highest BCUT2D eigenvalue weighted by molar-refractivity contribution is 5.83. The monoisotopic (exact) mass is 272 g/mol. The fourth-order valence-corrected chi connectivity index (χ4v) is 2.61. The summed E-state index contributed by atoms with van der Waals surface area (Å²) in [5, 5.41) is 7.45. The lowest BCUT2D eigenvalue weighted by molar-refractivity contribution is 0.174. The van der Waals surface area contributed by atoms with Gasteiger partial charge < -0.3 is 20.5 Å². The summed E-state index contributed by atoms with van der Waals surface area (Å²) in [4.78, 5) is 11.4. The number of nitrogens with two attached hydrogens (primary N) is 1. The van der Waals surface area contributed by atoms with Crippen molar-refractivity contribution >= 4 is 11.8 Å². The molecule has 1 aromatic heterocycles. The second-order valence-electron chi connectivity index (χ2n) is 4.67. The van der Waals surface area contributed by atoms with Crippen LogP contribution < -0.4 is 20.5 Å². The Kier molecular flexibility index (Phi) is 2.17. The van der Waals surface area contributed by atoms with Gasteiger partial charge in [-0.05, 0) is 24.6 Å². The normalized spacial score (nSPS) is 15.0. The van der Waals surface area contributed by atoms with Gasteiger partial charge in [0, 0.05) is 17.7 Å². The number of hydrogen-bond acceptors (Lipinski definition) is 5. The van der Waals surface area contributed by atoms with Gasteiger partial charge >= 0.3 is 6.03 Å². The zero-order valence-electron chi connectivity index (χ0n) is 10.5. The zero-order valence-corrected chi connectivity index (χ0v) is 10.5. The van der Waals surface area contributed by atoms with E-state index in [1.54, 1.807) is 0 Å². The Bertz CT molecular complexity index is 723. The SMILES string of the molecule is NC(=O)n1nc(-c2ccc3c(c2)OCO3)c2c1NCC2. The number of carbonyl (C=O) groups is 1. The minimum absolute atomic E-state index is 0.230. The average Bonchev–Trinajstić information content (AvgIpc) is 3.12. The maximum Gasteiger partial charge on any atom is 0.341 e. The van der Waals surface area contributed by atoms with E-state index in [2.05, 4.69) is 10.4 Å². The number of benzene rings is 1. The number of carbonyl (C=O) groups excluding carboxylic acids is 1. The summed E-state index contributed by atoms with van der Waals surface area (Å²) in [6.07, 6.45) is 0.812. The second kappa shape index (κ2) is 3.89. The second-order valence-corrected chi connectivity index (χ2v) is 4.67. The molecule has 102 valence electrons. The van der Waals surface area contributed by atoms with Gasteiger partial charge in [-0.1, -0.05) is 0 Å². The maximum atomic E-state index is 11.4. The summed E-state index contributed by atoms with van der Waals surface area (Å²) in [7, 11) is 0. The van der Waals surface area contributed by atoms with Crippen LogP contribution in [-0.4, -0.2) is 29.1 Å². The molecule has 0 aliphatic carbocycles. The Balaban J connectivity index is 1.87. The molecular weight excluding hydrogens is 260 g/mol. The lowest BCUT2D eigenvalue weighted by Gasteiger charge is -2.02. The fraction of sp³-hybridized carbons (Fsp3) is 0.231. The lowest BCUT2D eigenvalue weighted by atomic mass is 10.1. The van der Waals surface area contributed by atoms with Crippen LogP contribution in [0.4, 0.5) is 10.6 Å². The predicted octanol–water partition coefficient (Wildman–Crippen LogP) is 1.17. The Hall–Kier alpha value is -2.70. The molecular formula is C13H12N4O3. The Morgan fingerprint density at radius 2 is 2.20 bits per heavy atom. The highest BCUT2D eigenvalue weighted by atomic mass is 16.7. The first-order chi connectivity index (χ1) is 9.74. The molecule has 20 heavy (non-hydrogen) atoms. The molecule has 0 bridgehead atoms. The van der Waals surface area contributed by atoms with E-state index >= 15 is 0 Å². The number of aromatic nitrogens is 2. The molecule has 2 aromatic rings. The largest absolute Gasteiger partial charge is 0.454 e. The van der Waals surface area contributed by atoms with Gasteiger partial charge in [0.25, 0.3) is 0 Å². The topological polar surface area (TPSA) is 91.4 Å². The number of anilines is 1. The molecule has 0 saturated heterocycles. The molecule has 3 N–H and O–H groups in total. The maximum absolute atomic E-state index is 11.4. The molecule has 0 fully saturated rings. The standard InChI is InChI=1S/C13H12N4O3/c14-13(18)17-12-8(3-4-15-12)11(16-17)7-1-2-9-10(5-7)20-6-19-9/h1-2,5,15H,3-4,6H2,(H2,14,18). The van der Waals surface area contributed by atoms with Gasteiger partial charge in [0.2, 0.25) is 6.79 Å². The molecule has 4 rings (SSSR count). The summed E-state index contributed by atoms with van der Waals surface area (Å²) in [5.74, 6) is 2.10. The van der Waals surface area contributed by atoms with Gasteiger partial charge in [0.1, 0.15) is 5.82 Å². The number of ether oxygens (including phenoxy) is 2. The van der Waals surface area contributed by atoms with Crippen molar-refractivity contribution in [2.75, 3.05) is 18.7 Å². The summed E-state index contributed by atoms with van der Waals surface area (Å²) in [6, 6.07) is 5.02. The number of fused-ring (bicyclic) bond motifs is 2. The van der Waals surface area contributed by atoms with E-state index < -0.39 is 6.03 Å². The third kappa shape index (κ3) is 1.46. The minimum atomic E-state index is -0.595. The van der Waals surface area contributed by atoms with E-state index in [4.69, 9.17) is 15.2 Å². The van der Waals surface area contributed by atoms with Crippen LogP contribution in [0.25, 0.3) is 11.3 Å². The highest BCUT2D eigenvalue weighted by Crippen LogP contribution is 2.38. The van der Waals surface area contributed by atoms with Gasteiger partial charge in [0.15, 0.2) is 11.5 Å². The molecule has 0 spiro atoms. The van der Waals surface area contributed by atoms with E-state index in [9.17, 15) is 4.79 Å². The third-order valence-corrected chi connectivity index (χ3v) is 3.51. The fourth-order valence-electron chi connectivity index (χ4n) is 2.61. The van der Waals surface area contributed by atoms with Crippen LogP contribution in [0.1, 0.15) is 5.56 Å². The molecule has 3 heterocycles. The zero-order chi connectivity index (χ0) is 13.7. The Morgan fingerprint density at radius 1 is 1.35 bits per heavy atom. The summed E-state index contributed by atoms with van der Waals surface area (Å²) in [6.45, 7) is 1.01. The van der Waals surface area contributed by atoms with Crippen molar-refractivity contribution in [3.05, 3.63) is 23.8 Å². The van der Waals surface area contributed by atoms with E-state index in [0.29, 0.717) is 11.6 Å². The lowest BCUT2D eigenvalue weighted by Crippen LogP contribution is -2.22. The average molecular weight is 272 g/mol. The molecule has 0 atom stereocenters. The van der Waals surface area contributed by atoms with Crippen LogP contribution in [0.3, 0.4) is 0 Å². The first-order valence-corrected chi connectivity index (χ1v) is 6.29. The molecule has 2 aliphatic heterocycles. The Labute approximate surface area is 114 Å². The number of hydrogen-bond donors (Lipinski definition) is 2. The van der Waals surface area contributed by atoms with Crippen molar-refractivity contribution in [3.63, 3.8) is 0 Å². The molecule has 1 aromatic carbocycles. The molecule has 2 aliphatic rings. The number of primary amides is 1. The van der Waals surface area contributed by atoms with Gasteiger partial charge in [0.05, 0.1) is 5.69 Å². The first-order valence-electron chi connectivity index (χ1n) is 6.29. The molecule has 7 heteroatoms. The van der Waals surface area contributed by atoms with Crippen molar-refractivity contribution in [1.29, 1.82) is 0 Å². The van der Waals surface area contributed by atoms with Gasteiger partial charge in [-0.25, -0.2) is 4.79 Å². The van der Waals surface area contributed by atoms with Crippen molar-refractivity contribution in [2.24, 2.45) is 5.73 Å². The number of nitrogens with one attached hydrogen (secondary N) is 1. The molecule has 0 unspecified atom stereocenters. The number of nitrogens with zero attached hydrogens (tertiary/aromatic N) is 2. The van der Waals surface area contributed by atoms with Crippen molar-refractivity contribution in [2.45, 2.75) is 6.42 Å². The van der Waals surface area contributed by atoms with Crippen molar-refractivity contribution in [3.8, 4) is 22.8 Å². The smallest absolute Gasteiger partial charge is 0.341 e. The van der Waals surface area contributed by atoms with Gasteiger partial charge in [-0.2, -0.15) is 9.78 Å². The van der Waals surface area contributed by atoms with Crippen LogP contribution in [0.15, 0.2) is 18.2 Å². The van der Waals surface area contributed by atoms with E-state index in [-0.39, 0.29) is 6.79 Å². The van der Waals surface area contributed by atoms with Crippen LogP contribution >= 0.6 is 0 Å². The van der Waals surface area contributed by atoms with E-state index in [1.165, 1.54) is 4.68 Å². The van der Waals surface area contributed by atoms with Crippen LogP contribution in [0, 0.1) is 0 Å². The molecule has 0 saturated carbocycles. The molecule has 0 radical (unpaired) electrons. The molecule has 7 nitrogen and oxygen atoms in total. The van der Waals surface area contributed by atoms with Crippen LogP contribution in [0.2, 0.25) is 0 Å². The van der Waals surface area contributed by atoms with Crippen molar-refractivity contribution < 1.29 is 14.3 Å². The summed E-state index contributed by atoms with van der Waals surface area (Å²) >= 11 is 0. The van der Waals surface area contributed by atoms with Crippen molar-refractivity contribution in [1.82, 2.24) is 9.78 Å². The van der Waals surface area contributed by atoms with Crippen LogP contribution in [0.5, 0.6) is 11.5 Å². The third-order valence-electron chi connectivity index (χ3n) is 3.51. The highest BCUT2D eigenvalue weighted by Gasteiger charge is 2.26. The molecule has 1 amide bonds. The van der Waals surface area contributed by atoms with Crippen LogP contribution in [-0.2, 0) is 6.42 Å². The number of amides is 1. The summed E-state index contributed by atoms with van der Waals surface area (Å²) in [5.41, 5.74) is 7.98. The van der Waals surface area contributed by atoms with Gasteiger partial charge in [-0.3, -0.25) is 0 Å². The van der Waals surface area contributed by atoms with E-state index in [1.807, 2.05) is 18.2 Å². The Morgan fingerprint density at radius 3 is 3.05 bits per heavy atom. The summed E-state index contributed by atoms with van der Waals surface area (Å²) < 4.78 is 11.9. The predicted molar refractivity (Wildman–Crippen MR) is 71.0 cm³/mol. The number of rotatable bonds is 1. The minimum Gasteiger partial charge on any atom is -0.454 e. The van der Waals surface area contributed by atoms with E-state index in [0.717, 1.165) is 35.5 Å². The first kappa shape index (κ1) is 11.2. The quantitative estimate of drug-likeness (QED) is 0.813.